The number of esters is 1. The molecule has 1 aliphatic heterocycles. The zero-order chi connectivity index (χ0) is 30.5. The summed E-state index contributed by atoms with van der Waals surface area (Å²) in [6.07, 6.45) is 0.677. The quantitative estimate of drug-likeness (QED) is 0.111. The van der Waals surface area contributed by atoms with Crippen LogP contribution in [0.1, 0.15) is 23.6 Å². The molecule has 0 radical (unpaired) electrons. The van der Waals surface area contributed by atoms with Gasteiger partial charge in [0.25, 0.3) is 0 Å². The number of nitrogens with zero attached hydrogens (tertiary/aromatic N) is 1. The van der Waals surface area contributed by atoms with Gasteiger partial charge < -0.3 is 28.4 Å². The van der Waals surface area contributed by atoms with Gasteiger partial charge in [0.2, 0.25) is 6.29 Å². The molecule has 0 spiro atoms. The van der Waals surface area contributed by atoms with Gasteiger partial charge in [-0.25, -0.2) is 0 Å². The average Bonchev–Trinajstić information content (AvgIpc) is 3.02. The fourth-order valence-electron chi connectivity index (χ4n) is 4.85. The zero-order valence-corrected chi connectivity index (χ0v) is 23.9. The Labute approximate surface area is 251 Å². The van der Waals surface area contributed by atoms with Crippen molar-refractivity contribution in [3.05, 3.63) is 118 Å². The maximum absolute atomic E-state index is 13.0. The fraction of sp³-hybridized carbons (Fsp3) is 0.364. The van der Waals surface area contributed by atoms with Crippen LogP contribution in [0, 0.1) is 22.5 Å². The molecule has 1 heterocycles. The predicted molar refractivity (Wildman–Crippen MR) is 156 cm³/mol. The van der Waals surface area contributed by atoms with Crippen molar-refractivity contribution in [1.82, 2.24) is 0 Å². The number of terminal acetylenes is 1. The second kappa shape index (κ2) is 15.9. The minimum absolute atomic E-state index is 0.00315. The molecule has 10 heteroatoms. The van der Waals surface area contributed by atoms with Crippen molar-refractivity contribution in [2.45, 2.75) is 56.9 Å². The highest BCUT2D eigenvalue weighted by Gasteiger charge is 2.68. The molecule has 3 aromatic carbocycles. The van der Waals surface area contributed by atoms with Gasteiger partial charge in [-0.3, -0.25) is 14.9 Å². The average molecular weight is 590 g/mol. The second-order valence-corrected chi connectivity index (χ2v) is 10.0. The van der Waals surface area contributed by atoms with Gasteiger partial charge in [0, 0.05) is 11.8 Å². The smallest absolute Gasteiger partial charge is 0.333 e. The zero-order valence-electron chi connectivity index (χ0n) is 23.9. The van der Waals surface area contributed by atoms with E-state index in [2.05, 4.69) is 5.92 Å². The van der Waals surface area contributed by atoms with Crippen molar-refractivity contribution in [3.63, 3.8) is 0 Å². The summed E-state index contributed by atoms with van der Waals surface area (Å²) in [5.41, 5.74) is 0.324. The second-order valence-electron chi connectivity index (χ2n) is 10.0. The number of hydrogen-bond acceptors (Lipinski definition) is 9. The van der Waals surface area contributed by atoms with Crippen LogP contribution in [0.5, 0.6) is 0 Å². The van der Waals surface area contributed by atoms with Crippen molar-refractivity contribution < 1.29 is 38.1 Å². The molecule has 0 N–H and O–H groups in total. The van der Waals surface area contributed by atoms with E-state index in [1.165, 1.54) is 0 Å². The number of benzene rings is 3. The van der Waals surface area contributed by atoms with Crippen molar-refractivity contribution in [1.29, 1.82) is 0 Å². The summed E-state index contributed by atoms with van der Waals surface area (Å²) in [7, 11) is 0. The van der Waals surface area contributed by atoms with Crippen LogP contribution in [-0.4, -0.2) is 60.9 Å². The minimum Gasteiger partial charge on any atom is -0.458 e. The van der Waals surface area contributed by atoms with Gasteiger partial charge in [-0.2, -0.15) is 0 Å². The summed E-state index contributed by atoms with van der Waals surface area (Å²) in [4.78, 5) is 24.4. The Morgan fingerprint density at radius 3 is 1.93 bits per heavy atom. The summed E-state index contributed by atoms with van der Waals surface area (Å²) in [5, 5.41) is 13.0. The van der Waals surface area contributed by atoms with E-state index in [9.17, 15) is 14.9 Å². The lowest BCUT2D eigenvalue weighted by atomic mass is 9.83. The number of hydrogen-bond donors (Lipinski definition) is 0. The molecule has 1 saturated heterocycles. The molecule has 0 aromatic heterocycles. The number of rotatable bonds is 15. The van der Waals surface area contributed by atoms with E-state index in [1.807, 2.05) is 91.0 Å². The molecule has 4 rings (SSSR count). The summed E-state index contributed by atoms with van der Waals surface area (Å²) in [6, 6.07) is 28.1. The Hall–Kier alpha value is -4.11. The maximum Gasteiger partial charge on any atom is 0.333 e. The van der Waals surface area contributed by atoms with E-state index in [0.29, 0.717) is 0 Å². The Kier molecular flexibility index (Phi) is 11.8. The van der Waals surface area contributed by atoms with E-state index < -0.39 is 47.6 Å². The fourth-order valence-corrected chi connectivity index (χ4v) is 4.85. The summed E-state index contributed by atoms with van der Waals surface area (Å²) < 4.78 is 36.0. The van der Waals surface area contributed by atoms with Crippen LogP contribution >= 0.6 is 0 Å². The van der Waals surface area contributed by atoms with Crippen molar-refractivity contribution in [2.75, 3.05) is 19.8 Å². The van der Waals surface area contributed by atoms with Crippen LogP contribution in [0.3, 0.4) is 0 Å². The Bertz CT molecular complexity index is 1330. The standard InChI is InChI=1S/C33H35NO9/c1-3-19-39-32-33(34(36)37,24-42-25(2)35)31(41-22-28-17-11-6-12-18-28)30(40-21-27-15-9-5-10-16-27)29(43-32)23-38-20-26-13-7-4-8-14-26/h1,4-18,29-32H,19-24H2,2H3/t29-,30+,31+,32+,33-/m1/s1. The number of nitro groups is 1. The Balaban J connectivity index is 1.72. The van der Waals surface area contributed by atoms with Gasteiger partial charge in [-0.1, -0.05) is 96.9 Å². The molecule has 0 aliphatic carbocycles. The van der Waals surface area contributed by atoms with Gasteiger partial charge in [0.1, 0.15) is 18.8 Å². The first-order chi connectivity index (χ1) is 20.9. The number of ether oxygens (including phenoxy) is 6. The van der Waals surface area contributed by atoms with Gasteiger partial charge in [0.05, 0.1) is 26.4 Å². The predicted octanol–water partition coefficient (Wildman–Crippen LogP) is 4.33. The summed E-state index contributed by atoms with van der Waals surface area (Å²) in [5.74, 6) is 1.62. The largest absolute Gasteiger partial charge is 0.458 e. The molecule has 5 atom stereocenters. The molecule has 0 saturated carbocycles. The first-order valence-electron chi connectivity index (χ1n) is 13.8. The molecule has 226 valence electrons. The highest BCUT2D eigenvalue weighted by molar-refractivity contribution is 5.66. The highest BCUT2D eigenvalue weighted by Crippen LogP contribution is 2.38. The molecule has 3 aromatic rings. The van der Waals surface area contributed by atoms with E-state index in [1.54, 1.807) is 0 Å². The van der Waals surface area contributed by atoms with Crippen LogP contribution in [0.4, 0.5) is 0 Å². The first kappa shape index (κ1) is 31.8. The van der Waals surface area contributed by atoms with Crippen LogP contribution < -0.4 is 0 Å². The van der Waals surface area contributed by atoms with Gasteiger partial charge in [-0.05, 0) is 16.7 Å². The molecule has 0 amide bonds. The molecular weight excluding hydrogens is 554 g/mol. The SMILES string of the molecule is C#CCO[C@H]1O[C@H](COCc2ccccc2)[C@H](OCc2ccccc2)[C@H](OCc2ccccc2)[C@@]1(COC(C)=O)[N+](=O)[O-]. The number of carbonyl (C=O) groups excluding carboxylic acids is 1. The lowest BCUT2D eigenvalue weighted by molar-refractivity contribution is -0.628. The minimum atomic E-state index is -2.23. The van der Waals surface area contributed by atoms with Crippen molar-refractivity contribution in [3.8, 4) is 12.3 Å². The Morgan fingerprint density at radius 2 is 1.42 bits per heavy atom. The van der Waals surface area contributed by atoms with Crippen molar-refractivity contribution in [2.24, 2.45) is 0 Å². The van der Waals surface area contributed by atoms with Gasteiger partial charge >= 0.3 is 11.5 Å². The van der Waals surface area contributed by atoms with Crippen LogP contribution in [0.25, 0.3) is 0 Å². The molecule has 43 heavy (non-hydrogen) atoms. The van der Waals surface area contributed by atoms with E-state index in [0.717, 1.165) is 23.6 Å². The van der Waals surface area contributed by atoms with E-state index in [4.69, 9.17) is 34.8 Å². The third kappa shape index (κ3) is 8.47. The molecule has 1 fully saturated rings. The summed E-state index contributed by atoms with van der Waals surface area (Å²) >= 11 is 0. The third-order valence-electron chi connectivity index (χ3n) is 6.98. The topological polar surface area (TPSA) is 116 Å². The molecule has 0 bridgehead atoms. The Morgan fingerprint density at radius 1 is 0.884 bits per heavy atom. The van der Waals surface area contributed by atoms with Crippen LogP contribution in [0.2, 0.25) is 0 Å². The van der Waals surface area contributed by atoms with Gasteiger partial charge in [0.15, 0.2) is 12.7 Å². The monoisotopic (exact) mass is 589 g/mol. The molecule has 0 unspecified atom stereocenters. The maximum atomic E-state index is 13.0. The van der Waals surface area contributed by atoms with Crippen LogP contribution in [0.15, 0.2) is 91.0 Å². The van der Waals surface area contributed by atoms with E-state index >= 15 is 0 Å². The number of carbonyl (C=O) groups is 1. The van der Waals surface area contributed by atoms with Crippen molar-refractivity contribution >= 4 is 5.97 Å². The lowest BCUT2D eigenvalue weighted by Crippen LogP contribution is -2.73. The van der Waals surface area contributed by atoms with Crippen LogP contribution in [-0.2, 0) is 53.0 Å². The normalized spacial score (nSPS) is 23.3. The molecular formula is C33H35NO9. The lowest BCUT2D eigenvalue weighted by Gasteiger charge is -2.47. The summed E-state index contributed by atoms with van der Waals surface area (Å²) in [6.45, 7) is 0.546. The molecule has 10 nitrogen and oxygen atoms in total. The van der Waals surface area contributed by atoms with Gasteiger partial charge in [-0.15, -0.1) is 6.42 Å². The highest BCUT2D eigenvalue weighted by atomic mass is 16.7. The van der Waals surface area contributed by atoms with E-state index in [-0.39, 0.29) is 33.0 Å². The first-order valence-corrected chi connectivity index (χ1v) is 13.8. The molecule has 1 aliphatic rings. The third-order valence-corrected chi connectivity index (χ3v) is 6.98.